The Hall–Kier alpha value is -2.49. The van der Waals surface area contributed by atoms with Gasteiger partial charge in [-0.1, -0.05) is 37.3 Å². The molecule has 0 saturated carbocycles. The molecule has 4 heteroatoms. The summed E-state index contributed by atoms with van der Waals surface area (Å²) >= 11 is 0. The molecule has 2 aromatic carbocycles. The molecule has 1 unspecified atom stereocenters. The van der Waals surface area contributed by atoms with E-state index in [-0.39, 0.29) is 12.0 Å². The first-order valence-electron chi connectivity index (χ1n) is 8.32. The third-order valence-corrected chi connectivity index (χ3v) is 3.53. The minimum Gasteiger partial charge on any atom is -0.489 e. The van der Waals surface area contributed by atoms with E-state index >= 15 is 0 Å². The van der Waals surface area contributed by atoms with E-state index in [4.69, 9.17) is 9.47 Å². The highest BCUT2D eigenvalue weighted by molar-refractivity contribution is 5.95. The lowest BCUT2D eigenvalue weighted by Gasteiger charge is -2.19. The Bertz CT molecular complexity index is 682. The number of anilines is 1. The molecule has 0 aliphatic rings. The first-order chi connectivity index (χ1) is 11.5. The summed E-state index contributed by atoms with van der Waals surface area (Å²) in [5.74, 6) is 1.19. The molecule has 0 aliphatic carbocycles. The van der Waals surface area contributed by atoms with Gasteiger partial charge in [0.15, 0.2) is 6.10 Å². The monoisotopic (exact) mass is 327 g/mol. The number of amides is 1. The molecule has 2 rings (SSSR count). The largest absolute Gasteiger partial charge is 0.489 e. The molecule has 24 heavy (non-hydrogen) atoms. The summed E-state index contributed by atoms with van der Waals surface area (Å²) in [4.78, 5) is 12.5. The van der Waals surface area contributed by atoms with Crippen LogP contribution in [0.3, 0.4) is 0 Å². The van der Waals surface area contributed by atoms with Crippen LogP contribution in [-0.4, -0.2) is 18.1 Å². The smallest absolute Gasteiger partial charge is 0.265 e. The number of carbonyl (C=O) groups is 1. The van der Waals surface area contributed by atoms with Crippen LogP contribution < -0.4 is 14.8 Å². The van der Waals surface area contributed by atoms with Crippen LogP contribution in [-0.2, 0) is 11.2 Å². The summed E-state index contributed by atoms with van der Waals surface area (Å²) in [5, 5.41) is 2.88. The first kappa shape index (κ1) is 17.9. The summed E-state index contributed by atoms with van der Waals surface area (Å²) in [6.07, 6.45) is 0.285. The van der Waals surface area contributed by atoms with Crippen molar-refractivity contribution in [2.45, 2.75) is 46.3 Å². The molecule has 0 radical (unpaired) electrons. The van der Waals surface area contributed by atoms with E-state index in [1.54, 1.807) is 6.92 Å². The molecular formula is C20H25NO3. The number of aryl methyl sites for hydroxylation is 1. The van der Waals surface area contributed by atoms with Gasteiger partial charge in [0.05, 0.1) is 11.8 Å². The van der Waals surface area contributed by atoms with E-state index in [0.717, 1.165) is 17.7 Å². The highest BCUT2D eigenvalue weighted by Crippen LogP contribution is 2.25. The summed E-state index contributed by atoms with van der Waals surface area (Å²) in [7, 11) is 0. The fourth-order valence-electron chi connectivity index (χ4n) is 2.32. The van der Waals surface area contributed by atoms with Gasteiger partial charge in [0.1, 0.15) is 11.5 Å². The molecule has 0 heterocycles. The van der Waals surface area contributed by atoms with Crippen LogP contribution in [0.5, 0.6) is 11.5 Å². The maximum absolute atomic E-state index is 12.5. The Kier molecular flexibility index (Phi) is 6.24. The zero-order chi connectivity index (χ0) is 17.5. The van der Waals surface area contributed by atoms with E-state index in [1.165, 1.54) is 0 Å². The average Bonchev–Trinajstić information content (AvgIpc) is 2.56. The Morgan fingerprint density at radius 1 is 0.958 bits per heavy atom. The highest BCUT2D eigenvalue weighted by atomic mass is 16.5. The number of hydrogen-bond acceptors (Lipinski definition) is 3. The third-order valence-electron chi connectivity index (χ3n) is 3.53. The Balaban J connectivity index is 2.07. The zero-order valence-corrected chi connectivity index (χ0v) is 14.7. The van der Waals surface area contributed by atoms with Crippen LogP contribution in [0.25, 0.3) is 0 Å². The minimum atomic E-state index is -0.607. The molecule has 0 bridgehead atoms. The molecule has 0 spiro atoms. The summed E-state index contributed by atoms with van der Waals surface area (Å²) in [6.45, 7) is 7.71. The molecule has 0 fully saturated rings. The van der Waals surface area contributed by atoms with Gasteiger partial charge in [-0.3, -0.25) is 4.79 Å². The predicted octanol–water partition coefficient (Wildman–Crippen LogP) is 4.44. The van der Waals surface area contributed by atoms with Crippen molar-refractivity contribution in [3.05, 3.63) is 54.1 Å². The zero-order valence-electron chi connectivity index (χ0n) is 14.7. The highest BCUT2D eigenvalue weighted by Gasteiger charge is 2.18. The van der Waals surface area contributed by atoms with Crippen molar-refractivity contribution in [1.82, 2.24) is 0 Å². The second-order valence-electron chi connectivity index (χ2n) is 5.87. The van der Waals surface area contributed by atoms with Gasteiger partial charge < -0.3 is 14.8 Å². The van der Waals surface area contributed by atoms with E-state index in [1.807, 2.05) is 62.4 Å². The average molecular weight is 327 g/mol. The fraction of sp³-hybridized carbons (Fsp3) is 0.350. The summed E-state index contributed by atoms with van der Waals surface area (Å²) < 4.78 is 11.6. The molecule has 2 aromatic rings. The van der Waals surface area contributed by atoms with Crippen LogP contribution in [0.1, 0.15) is 33.3 Å². The van der Waals surface area contributed by atoms with Crippen molar-refractivity contribution in [2.24, 2.45) is 0 Å². The van der Waals surface area contributed by atoms with Crippen molar-refractivity contribution < 1.29 is 14.3 Å². The molecular weight excluding hydrogens is 302 g/mol. The number of carbonyl (C=O) groups excluding carboxylic acids is 1. The van der Waals surface area contributed by atoms with Gasteiger partial charge >= 0.3 is 0 Å². The molecule has 4 nitrogen and oxygen atoms in total. The van der Waals surface area contributed by atoms with Gasteiger partial charge in [-0.15, -0.1) is 0 Å². The van der Waals surface area contributed by atoms with Gasteiger partial charge in [0, 0.05) is 0 Å². The number of para-hydroxylation sites is 3. The Morgan fingerprint density at radius 2 is 1.58 bits per heavy atom. The molecule has 0 aliphatic heterocycles. The van der Waals surface area contributed by atoms with E-state index < -0.39 is 6.10 Å². The van der Waals surface area contributed by atoms with E-state index in [9.17, 15) is 4.79 Å². The van der Waals surface area contributed by atoms with Crippen LogP contribution in [0.15, 0.2) is 48.5 Å². The third kappa shape index (κ3) is 4.75. The minimum absolute atomic E-state index is 0.0353. The van der Waals surface area contributed by atoms with Gasteiger partial charge in [-0.2, -0.15) is 0 Å². The molecule has 128 valence electrons. The van der Waals surface area contributed by atoms with Gasteiger partial charge in [0.2, 0.25) is 0 Å². The number of nitrogens with one attached hydrogen (secondary N) is 1. The lowest BCUT2D eigenvalue weighted by atomic mass is 10.1. The number of ether oxygens (including phenoxy) is 2. The van der Waals surface area contributed by atoms with Crippen molar-refractivity contribution >= 4 is 11.6 Å². The molecule has 0 saturated heterocycles. The molecule has 1 amide bonds. The van der Waals surface area contributed by atoms with Crippen molar-refractivity contribution in [2.75, 3.05) is 5.32 Å². The topological polar surface area (TPSA) is 47.6 Å². The Labute approximate surface area is 143 Å². The second kappa shape index (κ2) is 8.39. The lowest BCUT2D eigenvalue weighted by molar-refractivity contribution is -0.122. The van der Waals surface area contributed by atoms with Crippen LogP contribution >= 0.6 is 0 Å². The van der Waals surface area contributed by atoms with Crippen LogP contribution in [0.2, 0.25) is 0 Å². The molecule has 1 atom stereocenters. The first-order valence-corrected chi connectivity index (χ1v) is 8.32. The van der Waals surface area contributed by atoms with E-state index in [0.29, 0.717) is 11.4 Å². The maximum Gasteiger partial charge on any atom is 0.265 e. The Morgan fingerprint density at radius 3 is 2.25 bits per heavy atom. The number of rotatable bonds is 7. The summed E-state index contributed by atoms with van der Waals surface area (Å²) in [5.41, 5.74) is 1.73. The molecule has 0 aromatic heterocycles. The van der Waals surface area contributed by atoms with Crippen LogP contribution in [0, 0.1) is 0 Å². The normalized spacial score (nSPS) is 11.9. The standard InChI is InChI=1S/C20H25NO3/c1-5-16-10-6-8-12-18(16)24-15(4)20(22)21-17-11-7-9-13-19(17)23-14(2)3/h6-15H,5H2,1-4H3,(H,21,22). The van der Waals surface area contributed by atoms with Gasteiger partial charge in [-0.05, 0) is 51.0 Å². The quantitative estimate of drug-likeness (QED) is 0.817. The van der Waals surface area contributed by atoms with Gasteiger partial charge in [-0.25, -0.2) is 0 Å². The predicted molar refractivity (Wildman–Crippen MR) is 96.7 cm³/mol. The van der Waals surface area contributed by atoms with Crippen molar-refractivity contribution in [3.63, 3.8) is 0 Å². The number of benzene rings is 2. The fourth-order valence-corrected chi connectivity index (χ4v) is 2.32. The second-order valence-corrected chi connectivity index (χ2v) is 5.87. The molecule has 1 N–H and O–H groups in total. The van der Waals surface area contributed by atoms with Crippen molar-refractivity contribution in [3.8, 4) is 11.5 Å². The van der Waals surface area contributed by atoms with Crippen molar-refractivity contribution in [1.29, 1.82) is 0 Å². The maximum atomic E-state index is 12.5. The SMILES string of the molecule is CCc1ccccc1OC(C)C(=O)Nc1ccccc1OC(C)C. The van der Waals surface area contributed by atoms with Gasteiger partial charge in [0.25, 0.3) is 5.91 Å². The number of hydrogen-bond donors (Lipinski definition) is 1. The summed E-state index contributed by atoms with van der Waals surface area (Å²) in [6, 6.07) is 15.2. The lowest BCUT2D eigenvalue weighted by Crippen LogP contribution is -2.30. The van der Waals surface area contributed by atoms with Crippen LogP contribution in [0.4, 0.5) is 5.69 Å². The van der Waals surface area contributed by atoms with E-state index in [2.05, 4.69) is 12.2 Å².